The van der Waals surface area contributed by atoms with Gasteiger partial charge in [-0.1, -0.05) is 42.2 Å². The maximum absolute atomic E-state index is 14.9. The highest BCUT2D eigenvalue weighted by atomic mass is 32.3. The van der Waals surface area contributed by atoms with Gasteiger partial charge < -0.3 is 4.90 Å². The van der Waals surface area contributed by atoms with E-state index in [9.17, 15) is 43.6 Å². The normalized spacial score (nSPS) is 21.0. The summed E-state index contributed by atoms with van der Waals surface area (Å²) < 4.78 is 114. The predicted molar refractivity (Wildman–Crippen MR) is 97.2 cm³/mol. The average Bonchev–Trinajstić information content (AvgIpc) is 2.68. The van der Waals surface area contributed by atoms with Crippen LogP contribution in [-0.4, -0.2) is 61.2 Å². The zero-order valence-corrected chi connectivity index (χ0v) is 18.0. The molecule has 0 aromatic heterocycles. The van der Waals surface area contributed by atoms with Crippen molar-refractivity contribution in [2.45, 2.75) is 87.1 Å². The van der Waals surface area contributed by atoms with Gasteiger partial charge in [0.25, 0.3) is 0 Å². The molecule has 7 nitrogen and oxygen atoms in total. The summed E-state index contributed by atoms with van der Waals surface area (Å²) in [5.74, 6) is -2.16. The summed E-state index contributed by atoms with van der Waals surface area (Å²) in [6, 6.07) is -1.33. The highest BCUT2D eigenvalue weighted by Crippen LogP contribution is 2.38. The first kappa shape index (κ1) is 25.2. The Labute approximate surface area is 172 Å². The first-order valence-electron chi connectivity index (χ1n) is 9.66. The molecule has 2 fully saturated rings. The maximum Gasteiger partial charge on any atom is 0.512 e. The highest BCUT2D eigenvalue weighted by molar-refractivity contribution is 8.05. The van der Waals surface area contributed by atoms with Crippen LogP contribution in [0.5, 0.6) is 0 Å². The summed E-state index contributed by atoms with van der Waals surface area (Å²) in [6.45, 7) is 0. The Bertz CT molecular complexity index is 815. The van der Waals surface area contributed by atoms with E-state index in [0.717, 1.165) is 17.7 Å². The quantitative estimate of drug-likeness (QED) is 0.540. The van der Waals surface area contributed by atoms with Gasteiger partial charge in [0.15, 0.2) is 0 Å². The predicted octanol–water partition coefficient (Wildman–Crippen LogP) is 3.18. The summed E-state index contributed by atoms with van der Waals surface area (Å²) in [7, 11) is -13.3. The highest BCUT2D eigenvalue weighted by Gasteiger charge is 2.64. The van der Waals surface area contributed by atoms with Crippen LogP contribution < -0.4 is 0 Å². The third-order valence-corrected chi connectivity index (χ3v) is 9.65. The van der Waals surface area contributed by atoms with Gasteiger partial charge in [0.05, 0.1) is 0 Å². The van der Waals surface area contributed by atoms with Gasteiger partial charge >= 0.3 is 36.7 Å². The van der Waals surface area contributed by atoms with Crippen LogP contribution in [0.25, 0.3) is 0 Å². The molecule has 0 radical (unpaired) electrons. The van der Waals surface area contributed by atoms with Crippen molar-refractivity contribution in [2.75, 3.05) is 7.05 Å². The molecule has 2 rings (SSSR count). The molecular formula is C16H25F5N2O5S2. The van der Waals surface area contributed by atoms with Crippen LogP contribution in [0.15, 0.2) is 0 Å². The molecule has 30 heavy (non-hydrogen) atoms. The Morgan fingerprint density at radius 3 is 1.43 bits per heavy atom. The van der Waals surface area contributed by atoms with E-state index in [4.69, 9.17) is 0 Å². The van der Waals surface area contributed by atoms with Crippen LogP contribution in [0.4, 0.5) is 22.0 Å². The van der Waals surface area contributed by atoms with Gasteiger partial charge in [-0.15, -0.1) is 0 Å². The summed E-state index contributed by atoms with van der Waals surface area (Å²) in [4.78, 5) is 13.6. The maximum atomic E-state index is 14.9. The zero-order valence-electron chi connectivity index (χ0n) is 16.4. The molecule has 0 atom stereocenters. The fraction of sp³-hybridized carbons (Fsp3) is 0.938. The lowest BCUT2D eigenvalue weighted by atomic mass is 9.88. The van der Waals surface area contributed by atoms with Crippen molar-refractivity contribution in [1.82, 2.24) is 8.61 Å². The van der Waals surface area contributed by atoms with E-state index >= 15 is 0 Å². The van der Waals surface area contributed by atoms with Crippen molar-refractivity contribution in [1.29, 1.82) is 0 Å². The minimum absolute atomic E-state index is 0.148. The van der Waals surface area contributed by atoms with Gasteiger partial charge in [0.2, 0.25) is 0 Å². The molecule has 0 aliphatic heterocycles. The first-order chi connectivity index (χ1) is 13.7. The molecule has 2 aliphatic carbocycles. The van der Waals surface area contributed by atoms with Crippen LogP contribution in [0.1, 0.15) is 64.2 Å². The molecule has 0 aromatic carbocycles. The van der Waals surface area contributed by atoms with Gasteiger partial charge in [0, 0.05) is 19.1 Å². The van der Waals surface area contributed by atoms with Crippen molar-refractivity contribution in [3.63, 3.8) is 0 Å². The van der Waals surface area contributed by atoms with E-state index in [1.807, 2.05) is 0 Å². The lowest BCUT2D eigenvalue weighted by molar-refractivity contribution is -0.154. The Morgan fingerprint density at radius 2 is 1.10 bits per heavy atom. The van der Waals surface area contributed by atoms with Gasteiger partial charge in [-0.05, 0) is 25.7 Å². The van der Waals surface area contributed by atoms with Crippen molar-refractivity contribution in [3.05, 3.63) is 0 Å². The molecule has 2 aliphatic rings. The minimum atomic E-state index is -6.63. The third kappa shape index (κ3) is 4.59. The van der Waals surface area contributed by atoms with Crippen LogP contribution >= 0.6 is 0 Å². The second kappa shape index (κ2) is 8.85. The number of alkyl halides is 5. The van der Waals surface area contributed by atoms with Crippen LogP contribution in [0, 0.1) is 0 Å². The molecule has 0 N–H and O–H groups in total. The Hall–Kier alpha value is -1.02. The lowest BCUT2D eigenvalue weighted by Gasteiger charge is -2.43. The third-order valence-electron chi connectivity index (χ3n) is 5.71. The van der Waals surface area contributed by atoms with Crippen molar-refractivity contribution < 1.29 is 43.6 Å². The number of nitrogens with zero attached hydrogens (tertiary/aromatic N) is 2. The Kier molecular flexibility index (Phi) is 7.44. The smallest absolute Gasteiger partial charge is 0.330 e. The van der Waals surface area contributed by atoms with Crippen LogP contribution in [-0.2, 0) is 24.8 Å². The number of sulfonamides is 2. The number of carbonyl (C=O) groups excluding carboxylic acids is 1. The molecular weight excluding hydrogens is 459 g/mol. The van der Waals surface area contributed by atoms with Crippen LogP contribution in [0.2, 0.25) is 0 Å². The van der Waals surface area contributed by atoms with Crippen molar-refractivity contribution in [3.8, 4) is 0 Å². The number of amides is 1. The summed E-state index contributed by atoms with van der Waals surface area (Å²) in [5, 5.41) is -5.37. The Balaban J connectivity index is 2.43. The van der Waals surface area contributed by atoms with Gasteiger partial charge in [-0.3, -0.25) is 4.79 Å². The fourth-order valence-corrected chi connectivity index (χ4v) is 6.55. The monoisotopic (exact) mass is 484 g/mol. The molecule has 0 spiro atoms. The number of hydrogen-bond acceptors (Lipinski definition) is 5. The van der Waals surface area contributed by atoms with E-state index in [0.29, 0.717) is 51.4 Å². The van der Waals surface area contributed by atoms with E-state index in [1.54, 1.807) is 0 Å². The van der Waals surface area contributed by atoms with Gasteiger partial charge in [-0.2, -0.15) is 22.0 Å². The molecule has 14 heteroatoms. The second-order valence-electron chi connectivity index (χ2n) is 7.65. The molecule has 2 saturated carbocycles. The molecule has 0 aromatic rings. The fourth-order valence-electron chi connectivity index (χ4n) is 4.05. The van der Waals surface area contributed by atoms with Crippen molar-refractivity contribution >= 4 is 26.0 Å². The molecule has 0 saturated heterocycles. The van der Waals surface area contributed by atoms with E-state index in [1.165, 1.54) is 0 Å². The van der Waals surface area contributed by atoms with Crippen LogP contribution in [0.3, 0.4) is 0 Å². The van der Waals surface area contributed by atoms with Gasteiger partial charge in [0.1, 0.15) is 0 Å². The van der Waals surface area contributed by atoms with E-state index < -0.39 is 52.5 Å². The number of rotatable bonds is 6. The van der Waals surface area contributed by atoms with E-state index in [2.05, 4.69) is 0 Å². The number of halogens is 5. The topological polar surface area (TPSA) is 91.8 Å². The number of carbonyl (C=O) groups is 1. The zero-order chi connectivity index (χ0) is 23.0. The average molecular weight is 485 g/mol. The lowest BCUT2D eigenvalue weighted by Crippen LogP contribution is -2.59. The number of hydrogen-bond donors (Lipinski definition) is 0. The molecule has 0 bridgehead atoms. The van der Waals surface area contributed by atoms with Crippen molar-refractivity contribution in [2.24, 2.45) is 0 Å². The standard InChI is InChI=1S/C16H25F5N2O5S2/c1-22(30(27,28)16(19,20)21)29(25,26)15(17,18)14(24)23(12-8-4-2-5-9-12)13-10-6-3-7-11-13/h12-13H,2-11H2,1H3. The minimum Gasteiger partial charge on any atom is -0.330 e. The largest absolute Gasteiger partial charge is 0.512 e. The molecule has 0 unspecified atom stereocenters. The molecule has 0 heterocycles. The summed E-state index contributed by atoms with van der Waals surface area (Å²) in [6.07, 6.45) is 5.69. The Morgan fingerprint density at radius 1 is 0.733 bits per heavy atom. The summed E-state index contributed by atoms with van der Waals surface area (Å²) in [5.41, 5.74) is -6.12. The van der Waals surface area contributed by atoms with Gasteiger partial charge in [-0.25, -0.2) is 16.8 Å². The molecule has 1 amide bonds. The van der Waals surface area contributed by atoms with E-state index in [-0.39, 0.29) is 7.05 Å². The second-order valence-corrected chi connectivity index (χ2v) is 11.9. The SMILES string of the molecule is CN(S(=O)(=O)C(F)(F)F)S(=O)(=O)C(F)(F)C(=O)N(C1CCCCC1)C1CCCCC1. The molecule has 176 valence electrons. The first-order valence-corrected chi connectivity index (χ1v) is 12.5. The summed E-state index contributed by atoms with van der Waals surface area (Å²) >= 11 is 0.